The molecule has 1 saturated carbocycles. The zero-order chi connectivity index (χ0) is 17.3. The van der Waals surface area contributed by atoms with Crippen molar-refractivity contribution in [3.8, 4) is 11.5 Å². The molecule has 3 N–H and O–H groups in total. The van der Waals surface area contributed by atoms with Crippen LogP contribution in [-0.2, 0) is 4.79 Å². The van der Waals surface area contributed by atoms with Crippen LogP contribution in [0, 0.1) is 5.92 Å². The molecule has 7 heteroatoms. The Morgan fingerprint density at radius 1 is 1.25 bits per heavy atom. The first kappa shape index (κ1) is 16.2. The third-order valence-corrected chi connectivity index (χ3v) is 4.04. The fraction of sp³-hybridized carbons (Fsp3) is 0.412. The molecular weight excluding hydrogens is 308 g/mol. The average Bonchev–Trinajstić information content (AvgIpc) is 3.29. The quantitative estimate of drug-likeness (QED) is 0.840. The van der Waals surface area contributed by atoms with Crippen molar-refractivity contribution in [3.63, 3.8) is 0 Å². The maximum atomic E-state index is 12.2. The minimum atomic E-state index is -0.700. The summed E-state index contributed by atoms with van der Waals surface area (Å²) >= 11 is 0. The molecule has 0 aliphatic heterocycles. The van der Waals surface area contributed by atoms with Crippen molar-refractivity contribution in [2.24, 2.45) is 11.7 Å². The second-order valence-corrected chi connectivity index (χ2v) is 6.41. The molecule has 2 amide bonds. The standard InChI is InChI=1S/C17H20N4O3/c1-9(2)13(14(18)22)19-16(23)11-5-7-12(8-6-11)17-20-15(21-24-17)10-3-4-10/h5-10,13H,3-4H2,1-2H3,(H2,18,22)(H,19,23)/t13-/m1/s1. The lowest BCUT2D eigenvalue weighted by Crippen LogP contribution is -2.47. The van der Waals surface area contributed by atoms with Crippen molar-refractivity contribution in [2.75, 3.05) is 0 Å². The van der Waals surface area contributed by atoms with Gasteiger partial charge in [-0.3, -0.25) is 9.59 Å². The minimum Gasteiger partial charge on any atom is -0.368 e. The number of carbonyl (C=O) groups excluding carboxylic acids is 2. The Morgan fingerprint density at radius 3 is 2.46 bits per heavy atom. The molecule has 126 valence electrons. The van der Waals surface area contributed by atoms with E-state index in [0.717, 1.165) is 24.2 Å². The fourth-order valence-electron chi connectivity index (χ4n) is 2.41. The molecule has 24 heavy (non-hydrogen) atoms. The number of carbonyl (C=O) groups is 2. The van der Waals surface area contributed by atoms with E-state index in [1.807, 2.05) is 13.8 Å². The predicted octanol–water partition coefficient (Wildman–Crippen LogP) is 1.85. The first-order valence-corrected chi connectivity index (χ1v) is 8.00. The van der Waals surface area contributed by atoms with Crippen LogP contribution in [0.1, 0.15) is 48.8 Å². The molecule has 1 aliphatic carbocycles. The second kappa shape index (κ2) is 6.43. The molecule has 0 unspecified atom stereocenters. The van der Waals surface area contributed by atoms with E-state index in [-0.39, 0.29) is 11.8 Å². The van der Waals surface area contributed by atoms with Crippen LogP contribution in [0.5, 0.6) is 0 Å². The second-order valence-electron chi connectivity index (χ2n) is 6.41. The van der Waals surface area contributed by atoms with Crippen LogP contribution < -0.4 is 11.1 Å². The topological polar surface area (TPSA) is 111 Å². The summed E-state index contributed by atoms with van der Waals surface area (Å²) in [6.07, 6.45) is 2.21. The third-order valence-electron chi connectivity index (χ3n) is 4.04. The van der Waals surface area contributed by atoms with E-state index in [0.29, 0.717) is 17.4 Å². The van der Waals surface area contributed by atoms with Gasteiger partial charge < -0.3 is 15.6 Å². The highest BCUT2D eigenvalue weighted by Gasteiger charge is 2.29. The van der Waals surface area contributed by atoms with Gasteiger partial charge in [-0.25, -0.2) is 0 Å². The molecule has 0 spiro atoms. The molecule has 1 aromatic carbocycles. The summed E-state index contributed by atoms with van der Waals surface area (Å²) in [6.45, 7) is 3.65. The summed E-state index contributed by atoms with van der Waals surface area (Å²) in [6, 6.07) is 6.10. The molecule has 2 aromatic rings. The van der Waals surface area contributed by atoms with Gasteiger partial charge in [-0.1, -0.05) is 19.0 Å². The molecule has 1 fully saturated rings. The Labute approximate surface area is 139 Å². The number of hydrogen-bond acceptors (Lipinski definition) is 5. The Kier molecular flexibility index (Phi) is 4.33. The predicted molar refractivity (Wildman–Crippen MR) is 87.0 cm³/mol. The number of benzene rings is 1. The Hall–Kier alpha value is -2.70. The van der Waals surface area contributed by atoms with Gasteiger partial charge in [-0.2, -0.15) is 4.98 Å². The van der Waals surface area contributed by atoms with Crippen LogP contribution in [0.15, 0.2) is 28.8 Å². The van der Waals surface area contributed by atoms with Crippen LogP contribution in [0.2, 0.25) is 0 Å². The van der Waals surface area contributed by atoms with E-state index in [1.165, 1.54) is 0 Å². The summed E-state index contributed by atoms with van der Waals surface area (Å²) in [7, 11) is 0. The minimum absolute atomic E-state index is 0.0787. The van der Waals surface area contributed by atoms with Crippen molar-refractivity contribution >= 4 is 11.8 Å². The lowest BCUT2D eigenvalue weighted by atomic mass is 10.0. The van der Waals surface area contributed by atoms with E-state index in [1.54, 1.807) is 24.3 Å². The molecular formula is C17H20N4O3. The zero-order valence-electron chi connectivity index (χ0n) is 13.7. The van der Waals surface area contributed by atoms with Crippen LogP contribution in [-0.4, -0.2) is 28.0 Å². The number of nitrogens with zero attached hydrogens (tertiary/aromatic N) is 2. The summed E-state index contributed by atoms with van der Waals surface area (Å²) in [5.41, 5.74) is 6.50. The van der Waals surface area contributed by atoms with E-state index in [2.05, 4.69) is 15.5 Å². The number of nitrogens with one attached hydrogen (secondary N) is 1. The van der Waals surface area contributed by atoms with E-state index in [9.17, 15) is 9.59 Å². The lowest BCUT2D eigenvalue weighted by Gasteiger charge is -2.18. The summed E-state index contributed by atoms with van der Waals surface area (Å²) in [4.78, 5) is 28.0. The maximum Gasteiger partial charge on any atom is 0.257 e. The molecule has 0 saturated heterocycles. The Morgan fingerprint density at radius 2 is 1.92 bits per heavy atom. The fourth-order valence-corrected chi connectivity index (χ4v) is 2.41. The third kappa shape index (κ3) is 3.45. The van der Waals surface area contributed by atoms with Crippen molar-refractivity contribution in [3.05, 3.63) is 35.7 Å². The van der Waals surface area contributed by atoms with Crippen molar-refractivity contribution in [1.29, 1.82) is 0 Å². The highest BCUT2D eigenvalue weighted by Crippen LogP contribution is 2.38. The van der Waals surface area contributed by atoms with Crippen molar-refractivity contribution in [2.45, 2.75) is 38.6 Å². The molecule has 0 radical (unpaired) electrons. The first-order chi connectivity index (χ1) is 11.5. The smallest absolute Gasteiger partial charge is 0.257 e. The van der Waals surface area contributed by atoms with E-state index >= 15 is 0 Å². The van der Waals surface area contributed by atoms with Gasteiger partial charge in [0.1, 0.15) is 6.04 Å². The largest absolute Gasteiger partial charge is 0.368 e. The van der Waals surface area contributed by atoms with Gasteiger partial charge in [0.2, 0.25) is 5.91 Å². The van der Waals surface area contributed by atoms with Crippen LogP contribution in [0.25, 0.3) is 11.5 Å². The summed E-state index contributed by atoms with van der Waals surface area (Å²) in [5.74, 6) is 0.644. The molecule has 1 heterocycles. The lowest BCUT2D eigenvalue weighted by molar-refractivity contribution is -0.120. The Balaban J connectivity index is 1.71. The van der Waals surface area contributed by atoms with Crippen molar-refractivity contribution in [1.82, 2.24) is 15.5 Å². The van der Waals surface area contributed by atoms with Gasteiger partial charge in [0, 0.05) is 17.0 Å². The van der Waals surface area contributed by atoms with Crippen LogP contribution >= 0.6 is 0 Å². The summed E-state index contributed by atoms with van der Waals surface area (Å²) in [5, 5.41) is 6.63. The number of rotatable bonds is 6. The van der Waals surface area contributed by atoms with Gasteiger partial charge in [-0.05, 0) is 43.0 Å². The number of primary amides is 1. The highest BCUT2D eigenvalue weighted by atomic mass is 16.5. The number of amides is 2. The Bertz CT molecular complexity index is 747. The van der Waals surface area contributed by atoms with Crippen LogP contribution in [0.3, 0.4) is 0 Å². The molecule has 7 nitrogen and oxygen atoms in total. The highest BCUT2D eigenvalue weighted by molar-refractivity contribution is 5.97. The molecule has 0 bridgehead atoms. The van der Waals surface area contributed by atoms with E-state index < -0.39 is 11.9 Å². The normalized spacial score (nSPS) is 15.3. The van der Waals surface area contributed by atoms with Gasteiger partial charge in [0.25, 0.3) is 11.8 Å². The monoisotopic (exact) mass is 328 g/mol. The van der Waals surface area contributed by atoms with Crippen LogP contribution in [0.4, 0.5) is 0 Å². The zero-order valence-corrected chi connectivity index (χ0v) is 13.7. The molecule has 1 atom stereocenters. The average molecular weight is 328 g/mol. The van der Waals surface area contributed by atoms with E-state index in [4.69, 9.17) is 10.3 Å². The molecule has 1 aliphatic rings. The molecule has 1 aromatic heterocycles. The molecule has 3 rings (SSSR count). The number of hydrogen-bond donors (Lipinski definition) is 2. The van der Waals surface area contributed by atoms with Gasteiger partial charge in [0.05, 0.1) is 0 Å². The summed E-state index contributed by atoms with van der Waals surface area (Å²) < 4.78 is 5.26. The van der Waals surface area contributed by atoms with Gasteiger partial charge in [-0.15, -0.1) is 0 Å². The number of nitrogens with two attached hydrogens (primary N) is 1. The SMILES string of the molecule is CC(C)[C@@H](NC(=O)c1ccc(-c2nc(C3CC3)no2)cc1)C(N)=O. The van der Waals surface area contributed by atoms with Crippen molar-refractivity contribution < 1.29 is 14.1 Å². The van der Waals surface area contributed by atoms with Gasteiger partial charge in [0.15, 0.2) is 5.82 Å². The maximum absolute atomic E-state index is 12.2. The first-order valence-electron chi connectivity index (χ1n) is 8.00. The van der Waals surface area contributed by atoms with Gasteiger partial charge >= 0.3 is 0 Å². The number of aromatic nitrogens is 2.